The van der Waals surface area contributed by atoms with Crippen LogP contribution in [0.5, 0.6) is 0 Å². The summed E-state index contributed by atoms with van der Waals surface area (Å²) in [6.07, 6.45) is 0. The van der Waals surface area contributed by atoms with Crippen LogP contribution in [0.1, 0.15) is 11.8 Å². The third-order valence-corrected chi connectivity index (χ3v) is 3.41. The van der Waals surface area contributed by atoms with E-state index in [9.17, 15) is 0 Å². The van der Waals surface area contributed by atoms with Crippen LogP contribution in [0.15, 0.2) is 15.9 Å². The van der Waals surface area contributed by atoms with Crippen molar-refractivity contribution in [1.82, 2.24) is 0 Å². The van der Waals surface area contributed by atoms with Crippen LogP contribution in [-0.4, -0.2) is 11.2 Å². The molecule has 0 saturated carbocycles. The molecular formula is C7H7BrCrOS. The van der Waals surface area contributed by atoms with E-state index in [-0.39, 0.29) is 0 Å². The molecule has 4 heteroatoms. The minimum absolute atomic E-state index is 0.706. The van der Waals surface area contributed by atoms with Crippen molar-refractivity contribution in [2.75, 3.05) is 6.61 Å². The van der Waals surface area contributed by atoms with Gasteiger partial charge in [0.25, 0.3) is 0 Å². The SMILES string of the molecule is CCO[C](=[Cr])c1ccc(Br)s1. The number of hydrogen-bond acceptors (Lipinski definition) is 2. The molecule has 0 bridgehead atoms. The normalized spacial score (nSPS) is 10.0. The van der Waals surface area contributed by atoms with E-state index in [2.05, 4.69) is 31.8 Å². The van der Waals surface area contributed by atoms with Crippen LogP contribution in [0.2, 0.25) is 0 Å². The van der Waals surface area contributed by atoms with Crippen molar-refractivity contribution in [3.63, 3.8) is 0 Å². The van der Waals surface area contributed by atoms with Crippen LogP contribution >= 0.6 is 27.3 Å². The summed E-state index contributed by atoms with van der Waals surface area (Å²) in [5.74, 6) is 0. The molecule has 0 saturated heterocycles. The molecule has 0 fully saturated rings. The molecule has 0 aliphatic carbocycles. The van der Waals surface area contributed by atoms with Gasteiger partial charge in [0.1, 0.15) is 0 Å². The fourth-order valence-electron chi connectivity index (χ4n) is 0.626. The maximum absolute atomic E-state index is 5.29. The summed E-state index contributed by atoms with van der Waals surface area (Å²) in [5, 5.41) is 0. The van der Waals surface area contributed by atoms with E-state index < -0.39 is 0 Å². The van der Waals surface area contributed by atoms with Crippen molar-refractivity contribution in [3.8, 4) is 0 Å². The van der Waals surface area contributed by atoms with Crippen molar-refractivity contribution < 1.29 is 20.6 Å². The zero-order valence-corrected chi connectivity index (χ0v) is 9.64. The summed E-state index contributed by atoms with van der Waals surface area (Å²) < 4.78 is 7.29. The molecule has 1 aromatic rings. The first-order valence-electron chi connectivity index (χ1n) is 3.16. The van der Waals surface area contributed by atoms with Gasteiger partial charge in [0.05, 0.1) is 0 Å². The Balaban J connectivity index is 2.69. The maximum atomic E-state index is 5.29. The first-order valence-corrected chi connectivity index (χ1v) is 5.41. The van der Waals surface area contributed by atoms with Gasteiger partial charge in [-0.1, -0.05) is 0 Å². The minimum atomic E-state index is 0.706. The fourth-order valence-corrected chi connectivity index (χ4v) is 2.39. The van der Waals surface area contributed by atoms with Crippen molar-refractivity contribution in [1.29, 1.82) is 0 Å². The summed E-state index contributed by atoms with van der Waals surface area (Å²) in [5.41, 5.74) is 0. The Morgan fingerprint density at radius 2 is 2.45 bits per heavy atom. The summed E-state index contributed by atoms with van der Waals surface area (Å²) in [4.78, 5) is 1.14. The van der Waals surface area contributed by atoms with E-state index >= 15 is 0 Å². The third kappa shape index (κ3) is 2.81. The first kappa shape index (κ1) is 9.63. The Bertz CT molecular complexity index is 259. The molecule has 0 aliphatic heterocycles. The quantitative estimate of drug-likeness (QED) is 0.821. The number of rotatable bonds is 3. The molecule has 0 atom stereocenters. The second-order valence-corrected chi connectivity index (χ2v) is 4.87. The molecule has 1 aromatic heterocycles. The van der Waals surface area contributed by atoms with E-state index in [0.717, 1.165) is 13.2 Å². The Morgan fingerprint density at radius 3 is 2.91 bits per heavy atom. The van der Waals surface area contributed by atoms with Gasteiger partial charge in [-0.3, -0.25) is 0 Å². The van der Waals surface area contributed by atoms with Crippen LogP contribution in [0.4, 0.5) is 0 Å². The average molecular weight is 271 g/mol. The van der Waals surface area contributed by atoms with Crippen molar-refractivity contribution in [2.45, 2.75) is 6.92 Å². The predicted molar refractivity (Wildman–Crippen MR) is 47.8 cm³/mol. The Labute approximate surface area is 86.5 Å². The van der Waals surface area contributed by atoms with E-state index in [1.54, 1.807) is 11.3 Å². The molecule has 60 valence electrons. The molecule has 11 heavy (non-hydrogen) atoms. The van der Waals surface area contributed by atoms with Gasteiger partial charge in [-0.05, 0) is 0 Å². The molecule has 0 N–H and O–H groups in total. The molecule has 0 unspecified atom stereocenters. The van der Waals surface area contributed by atoms with Crippen molar-refractivity contribution in [2.24, 2.45) is 0 Å². The van der Waals surface area contributed by atoms with Gasteiger partial charge in [0.2, 0.25) is 0 Å². The average Bonchev–Trinajstić information content (AvgIpc) is 2.36. The fraction of sp³-hybridized carbons (Fsp3) is 0.286. The van der Waals surface area contributed by atoms with Gasteiger partial charge < -0.3 is 0 Å². The van der Waals surface area contributed by atoms with Crippen molar-refractivity contribution in [3.05, 3.63) is 20.8 Å². The Hall–Kier alpha value is 0.542. The van der Waals surface area contributed by atoms with Gasteiger partial charge in [-0.2, -0.15) is 0 Å². The van der Waals surface area contributed by atoms with E-state index in [0.29, 0.717) is 6.61 Å². The van der Waals surface area contributed by atoms with Crippen LogP contribution < -0.4 is 0 Å². The molecule has 0 amide bonds. The van der Waals surface area contributed by atoms with E-state index in [1.165, 1.54) is 0 Å². The zero-order chi connectivity index (χ0) is 8.27. The molecular weight excluding hydrogens is 264 g/mol. The summed E-state index contributed by atoms with van der Waals surface area (Å²) in [6, 6.07) is 4.03. The summed E-state index contributed by atoms with van der Waals surface area (Å²) in [7, 11) is 0. The number of halogens is 1. The van der Waals surface area contributed by atoms with Crippen LogP contribution in [0.3, 0.4) is 0 Å². The topological polar surface area (TPSA) is 9.23 Å². The monoisotopic (exact) mass is 270 g/mol. The molecule has 0 spiro atoms. The second kappa shape index (κ2) is 4.54. The van der Waals surface area contributed by atoms with Crippen LogP contribution in [0, 0.1) is 0 Å². The van der Waals surface area contributed by atoms with Gasteiger partial charge >= 0.3 is 86.7 Å². The first-order chi connectivity index (χ1) is 5.24. The summed E-state index contributed by atoms with van der Waals surface area (Å²) >= 11 is 7.94. The molecule has 1 rings (SSSR count). The molecule has 1 nitrogen and oxygen atoms in total. The summed E-state index contributed by atoms with van der Waals surface area (Å²) in [6.45, 7) is 2.68. The van der Waals surface area contributed by atoms with Crippen LogP contribution in [0.25, 0.3) is 0 Å². The standard InChI is InChI=1S/C7H7BrOS.Cr/c1-2-9-5-6-3-4-7(8)10-6;/h3-4H,2H2,1H3;. The predicted octanol–water partition coefficient (Wildman–Crippen LogP) is 2.57. The van der Waals surface area contributed by atoms with Gasteiger partial charge in [-0.25, -0.2) is 0 Å². The Morgan fingerprint density at radius 1 is 1.73 bits per heavy atom. The van der Waals surface area contributed by atoms with Crippen LogP contribution in [-0.2, 0) is 20.6 Å². The van der Waals surface area contributed by atoms with E-state index in [4.69, 9.17) is 4.74 Å². The van der Waals surface area contributed by atoms with Gasteiger partial charge in [0.15, 0.2) is 0 Å². The third-order valence-electron chi connectivity index (χ3n) is 1.05. The molecule has 0 aromatic carbocycles. The number of ether oxygens (including phenoxy) is 1. The van der Waals surface area contributed by atoms with Crippen molar-refractivity contribution >= 4 is 31.8 Å². The Kier molecular flexibility index (Phi) is 3.97. The molecule has 0 radical (unpaired) electrons. The zero-order valence-electron chi connectivity index (χ0n) is 5.96. The molecule has 0 aliphatic rings. The van der Waals surface area contributed by atoms with Gasteiger partial charge in [-0.15, -0.1) is 0 Å². The van der Waals surface area contributed by atoms with Gasteiger partial charge in [0, 0.05) is 0 Å². The molecule has 1 heterocycles. The number of hydrogen-bond donors (Lipinski definition) is 0. The number of thiophene rings is 1. The van der Waals surface area contributed by atoms with E-state index in [1.807, 2.05) is 19.1 Å². The second-order valence-electron chi connectivity index (χ2n) is 1.82.